The highest BCUT2D eigenvalue weighted by Gasteiger charge is 2.20. The third-order valence-corrected chi connectivity index (χ3v) is 5.15. The predicted octanol–water partition coefficient (Wildman–Crippen LogP) is 3.93. The van der Waals surface area contributed by atoms with Crippen LogP contribution in [0.15, 0.2) is 60.9 Å². The van der Waals surface area contributed by atoms with E-state index in [0.717, 1.165) is 28.6 Å². The molecule has 0 spiro atoms. The fraction of sp³-hybridized carbons (Fsp3) is 0.227. The number of carboxylic acids is 1. The van der Waals surface area contributed by atoms with E-state index in [9.17, 15) is 9.90 Å². The molecule has 0 bridgehead atoms. The van der Waals surface area contributed by atoms with Crippen molar-refractivity contribution in [2.75, 3.05) is 0 Å². The molecule has 2 aromatic carbocycles. The number of rotatable bonds is 7. The number of hydrogen-bond acceptors (Lipinski definition) is 2. The molecule has 2 aromatic heterocycles. The molecule has 138 valence electrons. The van der Waals surface area contributed by atoms with Crippen molar-refractivity contribution in [2.45, 2.75) is 32.5 Å². The minimum Gasteiger partial charge on any atom is -0.480 e. The molecule has 3 N–H and O–H groups in total. The number of fused-ring (bicyclic) bond motifs is 2. The van der Waals surface area contributed by atoms with Crippen LogP contribution in [0.4, 0.5) is 0 Å². The Labute approximate surface area is 157 Å². The molecular formula is C22H23N3O2. The van der Waals surface area contributed by atoms with Gasteiger partial charge >= 0.3 is 5.97 Å². The fourth-order valence-electron chi connectivity index (χ4n) is 3.73. The highest BCUT2D eigenvalue weighted by Crippen LogP contribution is 2.22. The van der Waals surface area contributed by atoms with E-state index in [1.54, 1.807) is 0 Å². The first-order valence-electron chi connectivity index (χ1n) is 9.25. The first-order valence-corrected chi connectivity index (χ1v) is 9.25. The van der Waals surface area contributed by atoms with Crippen LogP contribution < -0.4 is 5.32 Å². The molecular weight excluding hydrogens is 338 g/mol. The predicted molar refractivity (Wildman–Crippen MR) is 108 cm³/mol. The minimum absolute atomic E-state index is 0.436. The summed E-state index contributed by atoms with van der Waals surface area (Å²) in [4.78, 5) is 15.0. The van der Waals surface area contributed by atoms with Crippen LogP contribution in [0.2, 0.25) is 0 Å². The van der Waals surface area contributed by atoms with E-state index >= 15 is 0 Å². The summed E-state index contributed by atoms with van der Waals surface area (Å²) in [6.45, 7) is 3.52. The summed E-state index contributed by atoms with van der Waals surface area (Å²) in [6, 6.07) is 15.6. The minimum atomic E-state index is -0.834. The number of carboxylic acid groups (broad SMARTS) is 1. The van der Waals surface area contributed by atoms with E-state index in [0.29, 0.717) is 13.0 Å². The van der Waals surface area contributed by atoms with E-state index in [1.165, 1.54) is 10.9 Å². The number of nitrogens with one attached hydrogen (secondary N) is 2. The number of hydrogen-bond donors (Lipinski definition) is 3. The Balaban J connectivity index is 1.55. The number of aromatic nitrogens is 2. The quantitative estimate of drug-likeness (QED) is 0.467. The Morgan fingerprint density at radius 3 is 2.63 bits per heavy atom. The topological polar surface area (TPSA) is 70.0 Å². The molecule has 27 heavy (non-hydrogen) atoms. The molecule has 5 nitrogen and oxygen atoms in total. The first-order chi connectivity index (χ1) is 13.2. The highest BCUT2D eigenvalue weighted by atomic mass is 16.4. The lowest BCUT2D eigenvalue weighted by molar-refractivity contribution is -0.139. The van der Waals surface area contributed by atoms with Gasteiger partial charge < -0.3 is 14.7 Å². The van der Waals surface area contributed by atoms with E-state index in [2.05, 4.69) is 40.1 Å². The van der Waals surface area contributed by atoms with Gasteiger partial charge in [-0.2, -0.15) is 0 Å². The van der Waals surface area contributed by atoms with Crippen LogP contribution in [0.3, 0.4) is 0 Å². The second-order valence-corrected chi connectivity index (χ2v) is 6.79. The number of aliphatic carboxylic acids is 1. The molecule has 2 heterocycles. The van der Waals surface area contributed by atoms with Crippen LogP contribution in [-0.2, 0) is 24.3 Å². The van der Waals surface area contributed by atoms with Gasteiger partial charge in [-0.1, -0.05) is 36.4 Å². The Hall–Kier alpha value is -3.05. The van der Waals surface area contributed by atoms with Crippen LogP contribution in [0.5, 0.6) is 0 Å². The molecule has 0 aliphatic rings. The normalized spacial score (nSPS) is 12.6. The smallest absolute Gasteiger partial charge is 0.321 e. The van der Waals surface area contributed by atoms with Gasteiger partial charge in [0.2, 0.25) is 0 Å². The van der Waals surface area contributed by atoms with Gasteiger partial charge in [0.1, 0.15) is 6.04 Å². The number of aryl methyl sites for hydroxylation is 1. The maximum absolute atomic E-state index is 11.8. The Kier molecular flexibility index (Phi) is 4.69. The molecule has 0 aliphatic heterocycles. The Morgan fingerprint density at radius 2 is 1.85 bits per heavy atom. The van der Waals surface area contributed by atoms with Gasteiger partial charge in [-0.05, 0) is 30.2 Å². The van der Waals surface area contributed by atoms with Crippen LogP contribution in [0.1, 0.15) is 18.1 Å². The number of aromatic amines is 1. The van der Waals surface area contributed by atoms with Gasteiger partial charge in [-0.25, -0.2) is 0 Å². The highest BCUT2D eigenvalue weighted by molar-refractivity contribution is 5.85. The van der Waals surface area contributed by atoms with Gasteiger partial charge in [-0.3, -0.25) is 10.1 Å². The van der Waals surface area contributed by atoms with E-state index in [-0.39, 0.29) is 0 Å². The standard InChI is InChI=1S/C22H23N3O2/c1-2-25-14-16(18-8-4-6-10-21(18)25)13-24-20(22(26)27)11-15-12-23-19-9-5-3-7-17(15)19/h3-10,12,14,20,23-24H,2,11,13H2,1H3,(H,26,27). The van der Waals surface area contributed by atoms with Crippen LogP contribution in [0, 0.1) is 0 Å². The van der Waals surface area contributed by atoms with Gasteiger partial charge in [0.15, 0.2) is 0 Å². The maximum Gasteiger partial charge on any atom is 0.321 e. The Bertz CT molecular complexity index is 1090. The molecule has 4 aromatic rings. The molecule has 0 fully saturated rings. The van der Waals surface area contributed by atoms with E-state index in [4.69, 9.17) is 0 Å². The largest absolute Gasteiger partial charge is 0.480 e. The van der Waals surface area contributed by atoms with Gasteiger partial charge in [0.25, 0.3) is 0 Å². The fourth-order valence-corrected chi connectivity index (χ4v) is 3.73. The van der Waals surface area contributed by atoms with Crippen molar-refractivity contribution >= 4 is 27.8 Å². The van der Waals surface area contributed by atoms with Crippen molar-refractivity contribution in [3.05, 3.63) is 72.1 Å². The second kappa shape index (κ2) is 7.29. The number of benzene rings is 2. The molecule has 4 rings (SSSR count). The summed E-state index contributed by atoms with van der Waals surface area (Å²) in [5.74, 6) is -0.834. The zero-order chi connectivity index (χ0) is 18.8. The van der Waals surface area contributed by atoms with Crippen molar-refractivity contribution in [3.8, 4) is 0 Å². The zero-order valence-corrected chi connectivity index (χ0v) is 15.3. The first kappa shape index (κ1) is 17.4. The molecule has 1 atom stereocenters. The lowest BCUT2D eigenvalue weighted by Crippen LogP contribution is -2.38. The molecule has 0 saturated carbocycles. The van der Waals surface area contributed by atoms with Crippen LogP contribution in [0.25, 0.3) is 21.8 Å². The SMILES string of the molecule is CCn1cc(CNC(Cc2c[nH]c3ccccc23)C(=O)O)c2ccccc21. The summed E-state index contributed by atoms with van der Waals surface area (Å²) >= 11 is 0. The lowest BCUT2D eigenvalue weighted by Gasteiger charge is -2.14. The summed E-state index contributed by atoms with van der Waals surface area (Å²) < 4.78 is 2.20. The molecule has 0 saturated heterocycles. The molecule has 0 aliphatic carbocycles. The summed E-state index contributed by atoms with van der Waals surface area (Å²) in [5.41, 5.74) is 4.35. The third-order valence-electron chi connectivity index (χ3n) is 5.15. The lowest BCUT2D eigenvalue weighted by atomic mass is 10.0. The molecule has 0 amide bonds. The summed E-state index contributed by atoms with van der Waals surface area (Å²) in [7, 11) is 0. The summed E-state index contributed by atoms with van der Waals surface area (Å²) in [6.07, 6.45) is 4.46. The van der Waals surface area contributed by atoms with Gasteiger partial charge in [-0.15, -0.1) is 0 Å². The van der Waals surface area contributed by atoms with E-state index < -0.39 is 12.0 Å². The molecule has 5 heteroatoms. The van der Waals surface area contributed by atoms with Crippen molar-refractivity contribution in [3.63, 3.8) is 0 Å². The third kappa shape index (κ3) is 3.34. The van der Waals surface area contributed by atoms with Crippen molar-refractivity contribution in [2.24, 2.45) is 0 Å². The monoisotopic (exact) mass is 361 g/mol. The number of carbonyl (C=O) groups is 1. The van der Waals surface area contributed by atoms with Crippen molar-refractivity contribution in [1.29, 1.82) is 0 Å². The van der Waals surface area contributed by atoms with Crippen molar-refractivity contribution in [1.82, 2.24) is 14.9 Å². The van der Waals surface area contributed by atoms with Gasteiger partial charge in [0.05, 0.1) is 0 Å². The molecule has 0 radical (unpaired) electrons. The number of para-hydroxylation sites is 2. The number of nitrogens with zero attached hydrogens (tertiary/aromatic N) is 1. The average Bonchev–Trinajstić information content (AvgIpc) is 3.26. The zero-order valence-electron chi connectivity index (χ0n) is 15.3. The summed E-state index contributed by atoms with van der Waals surface area (Å²) in [5, 5.41) is 15.2. The van der Waals surface area contributed by atoms with Gasteiger partial charge in [0, 0.05) is 53.7 Å². The van der Waals surface area contributed by atoms with Crippen LogP contribution >= 0.6 is 0 Å². The van der Waals surface area contributed by atoms with E-state index in [1.807, 2.05) is 42.6 Å². The second-order valence-electron chi connectivity index (χ2n) is 6.79. The van der Waals surface area contributed by atoms with Crippen molar-refractivity contribution < 1.29 is 9.90 Å². The average molecular weight is 361 g/mol. The number of H-pyrrole nitrogens is 1. The van der Waals surface area contributed by atoms with Crippen LogP contribution in [-0.4, -0.2) is 26.7 Å². The maximum atomic E-state index is 11.8. The Morgan fingerprint density at radius 1 is 1.11 bits per heavy atom. The molecule has 1 unspecified atom stereocenters.